The van der Waals surface area contributed by atoms with Crippen molar-refractivity contribution in [3.63, 3.8) is 0 Å². The number of methoxy groups -OCH3 is 1. The maximum absolute atomic E-state index is 12.6. The summed E-state index contributed by atoms with van der Waals surface area (Å²) in [4.78, 5) is 26.9. The van der Waals surface area contributed by atoms with Crippen LogP contribution in [0, 0.1) is 13.8 Å². The number of carbonyl (C=O) groups is 2. The van der Waals surface area contributed by atoms with Crippen molar-refractivity contribution in [2.45, 2.75) is 45.7 Å². The molecule has 0 saturated carbocycles. The van der Waals surface area contributed by atoms with Gasteiger partial charge < -0.3 is 19.5 Å². The number of amides is 2. The van der Waals surface area contributed by atoms with Crippen molar-refractivity contribution in [2.24, 2.45) is 0 Å². The molecule has 150 valence electrons. The predicted octanol–water partition coefficient (Wildman–Crippen LogP) is 3.26. The Morgan fingerprint density at radius 1 is 1.36 bits per heavy atom. The molecule has 1 atom stereocenters. The molecular formula is C20H24ClN3O4. The van der Waals surface area contributed by atoms with Crippen LogP contribution in [0.5, 0.6) is 5.75 Å². The van der Waals surface area contributed by atoms with Gasteiger partial charge in [-0.15, -0.1) is 0 Å². The lowest BCUT2D eigenvalue weighted by Gasteiger charge is -2.21. The number of halogens is 1. The highest BCUT2D eigenvalue weighted by molar-refractivity contribution is 6.31. The monoisotopic (exact) mass is 405 g/mol. The van der Waals surface area contributed by atoms with Crippen molar-refractivity contribution in [3.8, 4) is 5.75 Å². The van der Waals surface area contributed by atoms with E-state index in [2.05, 4.69) is 10.5 Å². The Labute approximate surface area is 169 Å². The summed E-state index contributed by atoms with van der Waals surface area (Å²) < 4.78 is 10.4. The highest BCUT2D eigenvalue weighted by Gasteiger charge is 2.25. The number of hydrogen-bond acceptors (Lipinski definition) is 5. The number of aromatic nitrogens is 1. The molecule has 8 heteroatoms. The molecule has 1 aromatic carbocycles. The fraction of sp³-hybridized carbons (Fsp3) is 0.450. The van der Waals surface area contributed by atoms with E-state index in [0.29, 0.717) is 48.7 Å². The van der Waals surface area contributed by atoms with Crippen molar-refractivity contribution < 1.29 is 18.8 Å². The minimum atomic E-state index is -0.225. The van der Waals surface area contributed by atoms with Crippen LogP contribution in [-0.4, -0.2) is 41.6 Å². The topological polar surface area (TPSA) is 84.7 Å². The molecule has 0 bridgehead atoms. The molecular weight excluding hydrogens is 382 g/mol. The first-order valence-corrected chi connectivity index (χ1v) is 9.60. The van der Waals surface area contributed by atoms with E-state index in [0.717, 1.165) is 17.0 Å². The van der Waals surface area contributed by atoms with Crippen LogP contribution in [0.1, 0.15) is 46.6 Å². The van der Waals surface area contributed by atoms with E-state index in [-0.39, 0.29) is 17.9 Å². The molecule has 2 heterocycles. The summed E-state index contributed by atoms with van der Waals surface area (Å²) in [6, 6.07) is 4.81. The first-order chi connectivity index (χ1) is 13.4. The summed E-state index contributed by atoms with van der Waals surface area (Å²) in [6.07, 6.45) is 1.66. The Hall–Kier alpha value is -2.54. The molecule has 1 saturated heterocycles. The number of ether oxygens (including phenoxy) is 1. The molecule has 3 rings (SSSR count). The summed E-state index contributed by atoms with van der Waals surface area (Å²) in [7, 11) is 1.53. The van der Waals surface area contributed by atoms with Crippen molar-refractivity contribution >= 4 is 23.4 Å². The summed E-state index contributed by atoms with van der Waals surface area (Å²) in [6.45, 7) is 4.76. The average molecular weight is 406 g/mol. The molecule has 0 aliphatic carbocycles. The number of rotatable bonds is 5. The van der Waals surface area contributed by atoms with E-state index in [1.54, 1.807) is 23.1 Å². The molecule has 1 aromatic heterocycles. The van der Waals surface area contributed by atoms with Gasteiger partial charge in [0.15, 0.2) is 0 Å². The van der Waals surface area contributed by atoms with Gasteiger partial charge in [-0.1, -0.05) is 16.8 Å². The molecule has 7 nitrogen and oxygen atoms in total. The van der Waals surface area contributed by atoms with Crippen LogP contribution in [0.15, 0.2) is 22.7 Å². The largest absolute Gasteiger partial charge is 0.497 e. The van der Waals surface area contributed by atoms with Gasteiger partial charge in [0.1, 0.15) is 11.5 Å². The highest BCUT2D eigenvalue weighted by Crippen LogP contribution is 2.22. The van der Waals surface area contributed by atoms with Gasteiger partial charge in [-0.2, -0.15) is 0 Å². The fourth-order valence-electron chi connectivity index (χ4n) is 3.35. The number of benzene rings is 1. The second-order valence-electron chi connectivity index (χ2n) is 7.00. The van der Waals surface area contributed by atoms with Gasteiger partial charge in [0.05, 0.1) is 19.3 Å². The Balaban J connectivity index is 1.64. The highest BCUT2D eigenvalue weighted by atomic mass is 35.5. The standard InChI is InChI=1S/C20H24ClN3O4/c1-12-18(13(2)28-23-12)11-24-7-6-16(4-5-19(24)25)22-20(26)14-8-15(21)10-17(9-14)27-3/h8-10,16H,4-7,11H2,1-3H3,(H,22,26). The smallest absolute Gasteiger partial charge is 0.251 e. The van der Waals surface area contributed by atoms with Crippen molar-refractivity contribution in [3.05, 3.63) is 45.8 Å². The zero-order valence-electron chi connectivity index (χ0n) is 16.3. The quantitative estimate of drug-likeness (QED) is 0.825. The Morgan fingerprint density at radius 3 is 2.82 bits per heavy atom. The van der Waals surface area contributed by atoms with E-state index in [4.69, 9.17) is 20.9 Å². The van der Waals surface area contributed by atoms with Gasteiger partial charge in [-0.05, 0) is 44.9 Å². The molecule has 1 aliphatic rings. The van der Waals surface area contributed by atoms with E-state index >= 15 is 0 Å². The second-order valence-corrected chi connectivity index (χ2v) is 7.43. The molecule has 1 N–H and O–H groups in total. The normalized spacial score (nSPS) is 17.4. The third-order valence-corrected chi connectivity index (χ3v) is 5.26. The van der Waals surface area contributed by atoms with E-state index < -0.39 is 0 Å². The third-order valence-electron chi connectivity index (χ3n) is 5.04. The summed E-state index contributed by atoms with van der Waals surface area (Å²) in [5.41, 5.74) is 2.18. The van der Waals surface area contributed by atoms with Crippen molar-refractivity contribution in [1.82, 2.24) is 15.4 Å². The minimum Gasteiger partial charge on any atom is -0.497 e. The number of nitrogens with zero attached hydrogens (tertiary/aromatic N) is 2. The average Bonchev–Trinajstić information content (AvgIpc) is 2.88. The van der Waals surface area contributed by atoms with E-state index in [9.17, 15) is 9.59 Å². The van der Waals surface area contributed by atoms with Crippen LogP contribution < -0.4 is 10.1 Å². The van der Waals surface area contributed by atoms with Gasteiger partial charge in [0, 0.05) is 35.2 Å². The van der Waals surface area contributed by atoms with Crippen LogP contribution in [-0.2, 0) is 11.3 Å². The molecule has 1 unspecified atom stereocenters. The molecule has 1 fully saturated rings. The van der Waals surface area contributed by atoms with Gasteiger partial charge in [0.2, 0.25) is 5.91 Å². The fourth-order valence-corrected chi connectivity index (χ4v) is 3.57. The lowest BCUT2D eigenvalue weighted by molar-refractivity contribution is -0.131. The maximum Gasteiger partial charge on any atom is 0.251 e. The molecule has 2 amide bonds. The van der Waals surface area contributed by atoms with Crippen molar-refractivity contribution in [1.29, 1.82) is 0 Å². The Kier molecular flexibility index (Phi) is 6.24. The molecule has 2 aromatic rings. The van der Waals surface area contributed by atoms with Gasteiger partial charge in [0.25, 0.3) is 5.91 Å². The minimum absolute atomic E-state index is 0.0705. The number of aryl methyl sites for hydroxylation is 2. The Bertz CT molecular complexity index is 861. The zero-order chi connectivity index (χ0) is 20.3. The number of hydrogen-bond donors (Lipinski definition) is 1. The van der Waals surface area contributed by atoms with Gasteiger partial charge in [-0.25, -0.2) is 0 Å². The first kappa shape index (κ1) is 20.2. The van der Waals surface area contributed by atoms with Crippen molar-refractivity contribution in [2.75, 3.05) is 13.7 Å². The second kappa shape index (κ2) is 8.65. The first-order valence-electron chi connectivity index (χ1n) is 9.22. The summed E-state index contributed by atoms with van der Waals surface area (Å²) in [5.74, 6) is 1.10. The predicted molar refractivity (Wildman–Crippen MR) is 105 cm³/mol. The number of nitrogens with one attached hydrogen (secondary N) is 1. The number of likely N-dealkylation sites (tertiary alicyclic amines) is 1. The van der Waals surface area contributed by atoms with Crippen LogP contribution in [0.4, 0.5) is 0 Å². The van der Waals surface area contributed by atoms with Gasteiger partial charge in [-0.3, -0.25) is 9.59 Å². The maximum atomic E-state index is 12.6. The Morgan fingerprint density at radius 2 is 2.14 bits per heavy atom. The van der Waals surface area contributed by atoms with Crippen LogP contribution in [0.2, 0.25) is 5.02 Å². The lowest BCUT2D eigenvalue weighted by atomic mass is 10.1. The van der Waals surface area contributed by atoms with Gasteiger partial charge >= 0.3 is 0 Å². The van der Waals surface area contributed by atoms with Crippen LogP contribution in [0.25, 0.3) is 0 Å². The van der Waals surface area contributed by atoms with Crippen LogP contribution >= 0.6 is 11.6 Å². The van der Waals surface area contributed by atoms with Crippen LogP contribution in [0.3, 0.4) is 0 Å². The summed E-state index contributed by atoms with van der Waals surface area (Å²) >= 11 is 6.05. The number of carbonyl (C=O) groups excluding carboxylic acids is 2. The molecule has 28 heavy (non-hydrogen) atoms. The lowest BCUT2D eigenvalue weighted by Crippen LogP contribution is -2.36. The SMILES string of the molecule is COc1cc(Cl)cc(C(=O)NC2CCC(=O)N(Cc3c(C)noc3C)CC2)c1. The molecule has 0 spiro atoms. The zero-order valence-corrected chi connectivity index (χ0v) is 17.0. The van der Waals surface area contributed by atoms with E-state index in [1.807, 2.05) is 13.8 Å². The van der Waals surface area contributed by atoms with E-state index in [1.165, 1.54) is 7.11 Å². The molecule has 0 radical (unpaired) electrons. The molecule has 1 aliphatic heterocycles. The third kappa shape index (κ3) is 4.65. The summed E-state index contributed by atoms with van der Waals surface area (Å²) in [5, 5.41) is 7.40.